The van der Waals surface area contributed by atoms with Crippen LogP contribution >= 0.6 is 11.6 Å². The Morgan fingerprint density at radius 3 is 2.53 bits per heavy atom. The van der Waals surface area contributed by atoms with Crippen molar-refractivity contribution in [1.29, 1.82) is 0 Å². The summed E-state index contributed by atoms with van der Waals surface area (Å²) in [5.41, 5.74) is 2.52. The second kappa shape index (κ2) is 12.4. The van der Waals surface area contributed by atoms with E-state index in [9.17, 15) is 13.2 Å². The molecule has 12 heteroatoms. The number of hydrogen-bond acceptors (Lipinski definition) is 9. The molecule has 2 aromatic carbocycles. The zero-order valence-electron chi connectivity index (χ0n) is 26.4. The summed E-state index contributed by atoms with van der Waals surface area (Å²) in [6.45, 7) is 7.75. The molecule has 0 radical (unpaired) electrons. The van der Waals surface area contributed by atoms with Crippen LogP contribution in [0.5, 0.6) is 5.75 Å². The molecule has 6 rings (SSSR count). The van der Waals surface area contributed by atoms with E-state index in [-0.39, 0.29) is 39.7 Å². The van der Waals surface area contributed by atoms with Gasteiger partial charge in [0.1, 0.15) is 10.8 Å². The molecule has 2 unspecified atom stereocenters. The van der Waals surface area contributed by atoms with E-state index in [0.29, 0.717) is 41.3 Å². The minimum absolute atomic E-state index is 0.0381. The number of nitrogens with one attached hydrogen (secondary N) is 2. The van der Waals surface area contributed by atoms with Gasteiger partial charge < -0.3 is 20.3 Å². The van der Waals surface area contributed by atoms with Crippen LogP contribution in [-0.2, 0) is 16.4 Å². The maximum atomic E-state index is 13.9. The number of halogens is 1. The topological polar surface area (TPSA) is 117 Å². The van der Waals surface area contributed by atoms with E-state index in [4.69, 9.17) is 16.3 Å². The van der Waals surface area contributed by atoms with E-state index in [2.05, 4.69) is 37.4 Å². The van der Waals surface area contributed by atoms with Crippen LogP contribution in [0.25, 0.3) is 0 Å². The van der Waals surface area contributed by atoms with Crippen molar-refractivity contribution in [2.45, 2.75) is 101 Å². The second-order valence-corrected chi connectivity index (χ2v) is 15.7. The number of likely N-dealkylation sites (N-methyl/N-ethyl adjacent to an activating group) is 1. The molecule has 2 bridgehead atoms. The van der Waals surface area contributed by atoms with E-state index in [0.717, 1.165) is 18.4 Å². The summed E-state index contributed by atoms with van der Waals surface area (Å²) in [5.74, 6) is 1.09. The first-order valence-corrected chi connectivity index (χ1v) is 17.6. The van der Waals surface area contributed by atoms with Crippen LogP contribution in [0, 0.1) is 0 Å². The van der Waals surface area contributed by atoms with Gasteiger partial charge in [0.15, 0.2) is 15.7 Å². The van der Waals surface area contributed by atoms with Gasteiger partial charge in [0.05, 0.1) is 33.8 Å². The van der Waals surface area contributed by atoms with Crippen molar-refractivity contribution < 1.29 is 17.9 Å². The lowest BCUT2D eigenvalue weighted by Gasteiger charge is -2.31. The number of rotatable bonds is 9. The summed E-state index contributed by atoms with van der Waals surface area (Å²) in [6.07, 6.45) is 7.11. The number of para-hydroxylation sites is 1. The predicted molar refractivity (Wildman–Crippen MR) is 177 cm³/mol. The number of aromatic nitrogens is 2. The molecule has 0 aliphatic carbocycles. The Hall–Kier alpha value is -3.41. The minimum Gasteiger partial charge on any atom is -0.489 e. The Kier molecular flexibility index (Phi) is 8.71. The molecule has 0 saturated carbocycles. The van der Waals surface area contributed by atoms with Gasteiger partial charge in [-0.05, 0) is 83.8 Å². The highest BCUT2D eigenvalue weighted by Crippen LogP contribution is 2.42. The molecule has 45 heavy (non-hydrogen) atoms. The summed E-state index contributed by atoms with van der Waals surface area (Å²) in [4.78, 5) is 27.6. The van der Waals surface area contributed by atoms with Crippen LogP contribution < -0.4 is 15.4 Å². The van der Waals surface area contributed by atoms with Crippen molar-refractivity contribution in [2.75, 3.05) is 17.7 Å². The maximum absolute atomic E-state index is 13.9. The van der Waals surface area contributed by atoms with Gasteiger partial charge in [-0.25, -0.2) is 13.4 Å². The fourth-order valence-electron chi connectivity index (χ4n) is 6.84. The summed E-state index contributed by atoms with van der Waals surface area (Å²) >= 11 is 6.47. The Morgan fingerprint density at radius 1 is 1.02 bits per heavy atom. The van der Waals surface area contributed by atoms with Crippen molar-refractivity contribution in [1.82, 2.24) is 19.8 Å². The lowest BCUT2D eigenvalue weighted by molar-refractivity contribution is 0.0655. The number of ether oxygens (including phenoxy) is 1. The Bertz CT molecular complexity index is 1720. The summed E-state index contributed by atoms with van der Waals surface area (Å²) < 4.78 is 32.2. The van der Waals surface area contributed by atoms with Crippen LogP contribution in [0.2, 0.25) is 5.02 Å². The number of carbonyl (C=O) groups is 1. The lowest BCUT2D eigenvalue weighted by atomic mass is 9.95. The van der Waals surface area contributed by atoms with Crippen LogP contribution in [-0.4, -0.2) is 70.6 Å². The molecule has 4 heterocycles. The SMILES string of the molecule is CC(C)Oc1cc2c(cc1Nc1ncc(Cl)c(Nc3ccccc3S(=O)(=O)C(C)C)n1)C(=O)N([C@@H]1CC3CCCCC1N3C)C2. The molecule has 3 aromatic rings. The van der Waals surface area contributed by atoms with Gasteiger partial charge in [0.2, 0.25) is 5.95 Å². The lowest BCUT2D eigenvalue weighted by Crippen LogP contribution is -2.44. The first kappa shape index (κ1) is 31.6. The molecule has 10 nitrogen and oxygen atoms in total. The first-order chi connectivity index (χ1) is 21.4. The maximum Gasteiger partial charge on any atom is 0.254 e. The number of nitrogens with zero attached hydrogens (tertiary/aromatic N) is 4. The molecule has 0 spiro atoms. The third-order valence-corrected chi connectivity index (χ3v) is 11.7. The molecular weight excluding hydrogens is 612 g/mol. The summed E-state index contributed by atoms with van der Waals surface area (Å²) in [6, 6.07) is 11.6. The summed E-state index contributed by atoms with van der Waals surface area (Å²) in [7, 11) is -1.36. The fourth-order valence-corrected chi connectivity index (χ4v) is 8.18. The van der Waals surface area contributed by atoms with E-state index in [1.165, 1.54) is 25.5 Å². The monoisotopic (exact) mass is 652 g/mol. The molecule has 240 valence electrons. The van der Waals surface area contributed by atoms with Crippen molar-refractivity contribution in [3.05, 3.63) is 58.7 Å². The highest BCUT2D eigenvalue weighted by atomic mass is 35.5. The number of hydrogen-bond donors (Lipinski definition) is 2. The quantitative estimate of drug-likeness (QED) is 0.265. The molecule has 3 atom stereocenters. The third-order valence-electron chi connectivity index (χ3n) is 9.20. The van der Waals surface area contributed by atoms with Crippen molar-refractivity contribution in [3.8, 4) is 5.75 Å². The van der Waals surface area contributed by atoms with Gasteiger partial charge >= 0.3 is 0 Å². The van der Waals surface area contributed by atoms with E-state index in [1.54, 1.807) is 38.1 Å². The molecule has 2 fully saturated rings. The van der Waals surface area contributed by atoms with Crippen LogP contribution in [0.1, 0.15) is 75.7 Å². The molecule has 3 aliphatic heterocycles. The highest BCUT2D eigenvalue weighted by Gasteiger charge is 2.46. The number of fused-ring (bicyclic) bond motifs is 3. The zero-order valence-corrected chi connectivity index (χ0v) is 28.0. The van der Waals surface area contributed by atoms with Crippen LogP contribution in [0.4, 0.5) is 23.1 Å². The molecule has 2 saturated heterocycles. The van der Waals surface area contributed by atoms with Gasteiger partial charge in [-0.15, -0.1) is 0 Å². The average molecular weight is 653 g/mol. The van der Waals surface area contributed by atoms with Crippen molar-refractivity contribution in [3.63, 3.8) is 0 Å². The third kappa shape index (κ3) is 6.09. The standard InChI is InChI=1S/C33H41ClN6O4S/c1-19(2)44-29-14-21-18-40(28-15-22-10-6-8-12-27(28)39(22)5)32(41)23(21)16-26(29)37-33-35-17-24(34)31(38-33)36-25-11-7-9-13-30(25)45(42,43)20(3)4/h7,9,11,13-14,16-17,19-20,22,27-28H,6,8,10,12,15,18H2,1-5H3,(H2,35,36,37,38)/t22?,27?,28-/m1/s1. The Balaban J connectivity index is 1.29. The van der Waals surface area contributed by atoms with E-state index < -0.39 is 15.1 Å². The first-order valence-electron chi connectivity index (χ1n) is 15.7. The highest BCUT2D eigenvalue weighted by molar-refractivity contribution is 7.92. The number of benzene rings is 2. The van der Waals surface area contributed by atoms with E-state index in [1.807, 2.05) is 26.0 Å². The smallest absolute Gasteiger partial charge is 0.254 e. The van der Waals surface area contributed by atoms with Crippen LogP contribution in [0.15, 0.2) is 47.5 Å². The summed E-state index contributed by atoms with van der Waals surface area (Å²) in [5, 5.41) is 5.95. The molecule has 1 amide bonds. The van der Waals surface area contributed by atoms with Gasteiger partial charge in [-0.2, -0.15) is 4.98 Å². The van der Waals surface area contributed by atoms with E-state index >= 15 is 0 Å². The van der Waals surface area contributed by atoms with Crippen molar-refractivity contribution in [2.24, 2.45) is 0 Å². The van der Waals surface area contributed by atoms with Gasteiger partial charge in [0.25, 0.3) is 5.91 Å². The zero-order chi connectivity index (χ0) is 32.0. The number of anilines is 4. The molecule has 3 aliphatic rings. The Labute approximate surface area is 270 Å². The minimum atomic E-state index is -3.57. The number of carbonyl (C=O) groups excluding carboxylic acids is 1. The number of amides is 1. The number of sulfone groups is 1. The predicted octanol–water partition coefficient (Wildman–Crippen LogP) is 6.56. The largest absolute Gasteiger partial charge is 0.489 e. The average Bonchev–Trinajstić information content (AvgIpc) is 3.38. The van der Waals surface area contributed by atoms with Gasteiger partial charge in [0, 0.05) is 30.2 Å². The molecule has 2 N–H and O–H groups in total. The second-order valence-electron chi connectivity index (χ2n) is 12.8. The van der Waals surface area contributed by atoms with Crippen LogP contribution in [0.3, 0.4) is 0 Å². The van der Waals surface area contributed by atoms with Gasteiger partial charge in [-0.1, -0.05) is 36.6 Å². The van der Waals surface area contributed by atoms with Gasteiger partial charge in [-0.3, -0.25) is 9.69 Å². The molecular formula is C33H41ClN6O4S. The fraction of sp³-hybridized carbons (Fsp3) is 0.485. The Morgan fingerprint density at radius 2 is 1.78 bits per heavy atom. The normalized spacial score (nSPS) is 21.7. The molecule has 1 aromatic heterocycles. The van der Waals surface area contributed by atoms with Crippen molar-refractivity contribution >= 4 is 50.5 Å².